The molecule has 6 heteroatoms. The lowest BCUT2D eigenvalue weighted by atomic mass is 10.4. The monoisotopic (exact) mass is 306 g/mol. The van der Waals surface area contributed by atoms with Gasteiger partial charge in [-0.3, -0.25) is 0 Å². The number of carbonyl (C=O) groups excluding carboxylic acids is 1. The Bertz CT molecular complexity index is 284. The first-order chi connectivity index (χ1) is 7.72. The van der Waals surface area contributed by atoms with Gasteiger partial charge in [0.15, 0.2) is 16.6 Å². The zero-order valence-electron chi connectivity index (χ0n) is 13.5. The van der Waals surface area contributed by atoms with Gasteiger partial charge in [0.25, 0.3) is 0 Å². The Kier molecular flexibility index (Phi) is 6.21. The Labute approximate surface area is 116 Å². The molecule has 0 saturated heterocycles. The summed E-state index contributed by atoms with van der Waals surface area (Å²) in [6.45, 7) is 19.4. The fraction of sp³-hybridized carbons (Fsp3) is 0.917. The van der Waals surface area contributed by atoms with Crippen LogP contribution in [0.2, 0.25) is 58.9 Å². The van der Waals surface area contributed by atoms with Crippen LogP contribution in [-0.4, -0.2) is 42.8 Å². The van der Waals surface area contributed by atoms with Gasteiger partial charge < -0.3 is 13.6 Å². The molecule has 0 aromatic carbocycles. The van der Waals surface area contributed by atoms with Gasteiger partial charge in [-0.25, -0.2) is 0 Å². The summed E-state index contributed by atoms with van der Waals surface area (Å²) in [5, 5.41) is 0.281. The summed E-state index contributed by atoms with van der Waals surface area (Å²) in [7, 11) is -5.15. The molecule has 0 aliphatic carbocycles. The van der Waals surface area contributed by atoms with Crippen molar-refractivity contribution in [3.63, 3.8) is 0 Å². The van der Waals surface area contributed by atoms with Gasteiger partial charge in [-0.1, -0.05) is 19.6 Å². The molecule has 0 aliphatic rings. The van der Waals surface area contributed by atoms with E-state index in [4.69, 9.17) is 8.85 Å². The van der Waals surface area contributed by atoms with Gasteiger partial charge in [0.2, 0.25) is 0 Å². The van der Waals surface area contributed by atoms with Crippen LogP contribution < -0.4 is 0 Å². The average Bonchev–Trinajstić information content (AvgIpc) is 2.06. The molecule has 0 N–H and O–H groups in total. The van der Waals surface area contributed by atoms with E-state index in [0.29, 0.717) is 6.61 Å². The SMILES string of the molecule is C[Si](C)(C)OC[C@H](O[Si](C)(C)C)C(=O)[Si](C)(C)C. The maximum absolute atomic E-state index is 12.5. The van der Waals surface area contributed by atoms with Gasteiger partial charge in [-0.2, -0.15) is 0 Å². The number of hydrogen-bond acceptors (Lipinski definition) is 3. The lowest BCUT2D eigenvalue weighted by Crippen LogP contribution is -2.50. The molecular weight excluding hydrogens is 276 g/mol. The molecular formula is C12H30O3Si3. The van der Waals surface area contributed by atoms with Gasteiger partial charge in [0, 0.05) is 0 Å². The fourth-order valence-corrected chi connectivity index (χ4v) is 4.30. The lowest BCUT2D eigenvalue weighted by Gasteiger charge is -2.31. The largest absolute Gasteiger partial charge is 0.415 e. The minimum absolute atomic E-state index is 0.281. The molecule has 0 unspecified atom stereocenters. The number of hydrogen-bond donors (Lipinski definition) is 0. The molecule has 108 valence electrons. The van der Waals surface area contributed by atoms with Crippen LogP contribution in [0.1, 0.15) is 0 Å². The molecule has 0 aromatic rings. The molecule has 0 bridgehead atoms. The van der Waals surface area contributed by atoms with E-state index in [9.17, 15) is 4.79 Å². The normalized spacial score (nSPS) is 15.6. The molecule has 0 amide bonds. The Hall–Kier alpha value is 0.241. The molecule has 0 heterocycles. The van der Waals surface area contributed by atoms with Crippen molar-refractivity contribution < 1.29 is 13.6 Å². The molecule has 0 spiro atoms. The van der Waals surface area contributed by atoms with Crippen molar-refractivity contribution in [2.75, 3.05) is 6.61 Å². The van der Waals surface area contributed by atoms with E-state index in [1.165, 1.54) is 0 Å². The van der Waals surface area contributed by atoms with Gasteiger partial charge in [0.05, 0.1) is 6.61 Å². The molecule has 0 radical (unpaired) electrons. The third-order valence-corrected chi connectivity index (χ3v) is 6.02. The summed E-state index contributed by atoms with van der Waals surface area (Å²) < 4.78 is 11.9. The van der Waals surface area contributed by atoms with Crippen molar-refractivity contribution in [2.45, 2.75) is 65.0 Å². The van der Waals surface area contributed by atoms with Crippen LogP contribution in [0.25, 0.3) is 0 Å². The molecule has 18 heavy (non-hydrogen) atoms. The smallest absolute Gasteiger partial charge is 0.184 e. The number of rotatable bonds is 7. The van der Waals surface area contributed by atoms with Crippen molar-refractivity contribution in [2.24, 2.45) is 0 Å². The van der Waals surface area contributed by atoms with Crippen LogP contribution in [0.5, 0.6) is 0 Å². The maximum Gasteiger partial charge on any atom is 0.184 e. The minimum Gasteiger partial charge on any atom is -0.415 e. The Balaban J connectivity index is 4.80. The minimum atomic E-state index is -1.83. The van der Waals surface area contributed by atoms with E-state index in [-0.39, 0.29) is 11.5 Å². The van der Waals surface area contributed by atoms with E-state index >= 15 is 0 Å². The van der Waals surface area contributed by atoms with E-state index in [2.05, 4.69) is 58.9 Å². The van der Waals surface area contributed by atoms with E-state index in [0.717, 1.165) is 0 Å². The fourth-order valence-electron chi connectivity index (χ4n) is 1.40. The standard InChI is InChI=1S/C12H30O3Si3/c1-16(2,3)12(13)11(15-18(7,8)9)10-14-17(4,5)6/h11H,10H2,1-9H3/t11-/m0/s1. The third kappa shape index (κ3) is 8.36. The second-order valence-electron chi connectivity index (χ2n) is 7.76. The first-order valence-corrected chi connectivity index (χ1v) is 16.9. The number of carbonyl (C=O) groups is 1. The molecule has 0 saturated carbocycles. The molecule has 0 fully saturated rings. The summed E-state index contributed by atoms with van der Waals surface area (Å²) >= 11 is 0. The second kappa shape index (κ2) is 6.13. The van der Waals surface area contributed by atoms with Gasteiger partial charge in [-0.05, 0) is 39.3 Å². The Morgan fingerprint density at radius 2 is 1.33 bits per heavy atom. The Morgan fingerprint density at radius 1 is 0.889 bits per heavy atom. The van der Waals surface area contributed by atoms with Crippen molar-refractivity contribution in [1.29, 1.82) is 0 Å². The summed E-state index contributed by atoms with van der Waals surface area (Å²) in [6.07, 6.45) is -0.352. The molecule has 0 rings (SSSR count). The first-order valence-electron chi connectivity index (χ1n) is 6.58. The molecule has 0 aliphatic heterocycles. The highest BCUT2D eigenvalue weighted by Crippen LogP contribution is 2.16. The third-order valence-electron chi connectivity index (χ3n) is 2.20. The summed E-state index contributed by atoms with van der Waals surface area (Å²) in [5.74, 6) is 0. The molecule has 0 aromatic heterocycles. The predicted octanol–water partition coefficient (Wildman–Crippen LogP) is 3.50. The van der Waals surface area contributed by atoms with Crippen LogP contribution in [0, 0.1) is 0 Å². The topological polar surface area (TPSA) is 35.5 Å². The lowest BCUT2D eigenvalue weighted by molar-refractivity contribution is -0.120. The van der Waals surface area contributed by atoms with Crippen molar-refractivity contribution in [3.05, 3.63) is 0 Å². The highest BCUT2D eigenvalue weighted by molar-refractivity contribution is 7.04. The van der Waals surface area contributed by atoms with Gasteiger partial charge in [0.1, 0.15) is 19.6 Å². The van der Waals surface area contributed by atoms with Crippen LogP contribution in [0.3, 0.4) is 0 Å². The van der Waals surface area contributed by atoms with E-state index < -0.39 is 24.7 Å². The van der Waals surface area contributed by atoms with Crippen LogP contribution in [0.15, 0.2) is 0 Å². The van der Waals surface area contributed by atoms with Crippen LogP contribution >= 0.6 is 0 Å². The van der Waals surface area contributed by atoms with Crippen molar-refractivity contribution in [3.8, 4) is 0 Å². The van der Waals surface area contributed by atoms with Gasteiger partial charge in [-0.15, -0.1) is 0 Å². The Morgan fingerprint density at radius 3 is 1.61 bits per heavy atom. The van der Waals surface area contributed by atoms with Gasteiger partial charge >= 0.3 is 0 Å². The summed E-state index contributed by atoms with van der Waals surface area (Å²) in [6, 6.07) is 0. The summed E-state index contributed by atoms with van der Waals surface area (Å²) in [4.78, 5) is 12.5. The average molecular weight is 307 g/mol. The first kappa shape index (κ1) is 18.2. The zero-order valence-corrected chi connectivity index (χ0v) is 16.5. The van der Waals surface area contributed by atoms with Crippen LogP contribution in [0.4, 0.5) is 0 Å². The quantitative estimate of drug-likeness (QED) is 0.675. The highest BCUT2D eigenvalue weighted by Gasteiger charge is 2.35. The second-order valence-corrected chi connectivity index (χ2v) is 21.7. The van der Waals surface area contributed by atoms with E-state index in [1.807, 2.05) is 0 Å². The van der Waals surface area contributed by atoms with Crippen molar-refractivity contribution >= 4 is 30.1 Å². The predicted molar refractivity (Wildman–Crippen MR) is 85.9 cm³/mol. The maximum atomic E-state index is 12.5. The van der Waals surface area contributed by atoms with Crippen molar-refractivity contribution in [1.82, 2.24) is 0 Å². The molecule has 1 atom stereocenters. The zero-order chi connectivity index (χ0) is 14.8. The summed E-state index contributed by atoms with van der Waals surface area (Å²) in [5.41, 5.74) is 0. The van der Waals surface area contributed by atoms with Crippen LogP contribution in [-0.2, 0) is 13.6 Å². The van der Waals surface area contributed by atoms with E-state index in [1.54, 1.807) is 0 Å². The highest BCUT2D eigenvalue weighted by atomic mass is 28.4. The molecule has 3 nitrogen and oxygen atoms in total.